The lowest BCUT2D eigenvalue weighted by atomic mass is 9.93. The van der Waals surface area contributed by atoms with Crippen molar-refractivity contribution in [2.75, 3.05) is 13.2 Å². The monoisotopic (exact) mass is 840 g/mol. The molecular formula is C47H89N3O9. The van der Waals surface area contributed by atoms with Crippen molar-refractivity contribution < 1.29 is 44.3 Å². The van der Waals surface area contributed by atoms with E-state index in [1.807, 2.05) is 13.8 Å². The number of nitrogens with zero attached hydrogens (tertiary/aromatic N) is 1. The van der Waals surface area contributed by atoms with Crippen LogP contribution in [0.3, 0.4) is 0 Å². The maximum Gasteiger partial charge on any atom is 0.303 e. The molecule has 12 nitrogen and oxygen atoms in total. The first kappa shape index (κ1) is 54.7. The Morgan fingerprint density at radius 1 is 0.610 bits per heavy atom. The zero-order valence-electron chi connectivity index (χ0n) is 37.9. The van der Waals surface area contributed by atoms with Gasteiger partial charge in [0.2, 0.25) is 17.7 Å². The van der Waals surface area contributed by atoms with Crippen molar-refractivity contribution in [1.29, 1.82) is 0 Å². The highest BCUT2D eigenvalue weighted by molar-refractivity contribution is 5.88. The van der Waals surface area contributed by atoms with E-state index in [0.29, 0.717) is 19.4 Å². The van der Waals surface area contributed by atoms with Crippen molar-refractivity contribution in [2.24, 2.45) is 5.92 Å². The van der Waals surface area contributed by atoms with Gasteiger partial charge in [0, 0.05) is 25.8 Å². The summed E-state index contributed by atoms with van der Waals surface area (Å²) in [5.41, 5.74) is 0. The summed E-state index contributed by atoms with van der Waals surface area (Å²) in [5, 5.41) is 47.0. The number of unbranched alkanes of at least 4 members (excludes halogenated alkanes) is 23. The van der Waals surface area contributed by atoms with Gasteiger partial charge in [-0.2, -0.15) is 0 Å². The number of carbonyl (C=O) groups is 4. The predicted molar refractivity (Wildman–Crippen MR) is 236 cm³/mol. The molecule has 0 radical (unpaired) electrons. The topological polar surface area (TPSA) is 186 Å². The number of rotatable bonds is 38. The van der Waals surface area contributed by atoms with E-state index in [2.05, 4.69) is 24.5 Å². The molecule has 0 spiro atoms. The standard InChI is InChI=1S/C47H89N3O9/c1-5-7-9-11-13-15-17-18-19-20-21-22-24-26-28-32-41(53)50(34-29-27-25-23-16-14-12-10-8-6-2)47-43(45(57)44(56)39(36-51)59-47)49-46(58)38(35-37(3)4)48-40(52)31-30-33-42(54)55/h37-39,43-45,47,51,56-57H,5-36H2,1-4H3,(H,48,52)(H,49,58)(H,54,55)/t38-,39+,43+,44+,45+,47+/m0/s1. The van der Waals surface area contributed by atoms with Gasteiger partial charge in [-0.15, -0.1) is 0 Å². The zero-order valence-corrected chi connectivity index (χ0v) is 37.9. The van der Waals surface area contributed by atoms with Crippen LogP contribution >= 0.6 is 0 Å². The van der Waals surface area contributed by atoms with Gasteiger partial charge in [0.25, 0.3) is 0 Å². The van der Waals surface area contributed by atoms with Crippen LogP contribution in [0, 0.1) is 5.92 Å². The van der Waals surface area contributed by atoms with Crippen LogP contribution in [-0.4, -0.2) is 98.8 Å². The molecule has 346 valence electrons. The summed E-state index contributed by atoms with van der Waals surface area (Å²) in [5.74, 6) is -2.24. The van der Waals surface area contributed by atoms with Crippen molar-refractivity contribution in [3.05, 3.63) is 0 Å². The average Bonchev–Trinajstić information content (AvgIpc) is 3.20. The Kier molecular flexibility index (Phi) is 32.8. The highest BCUT2D eigenvalue weighted by atomic mass is 16.5. The minimum Gasteiger partial charge on any atom is -0.481 e. The van der Waals surface area contributed by atoms with E-state index in [1.165, 1.54) is 109 Å². The van der Waals surface area contributed by atoms with Crippen LogP contribution < -0.4 is 10.6 Å². The van der Waals surface area contributed by atoms with Gasteiger partial charge in [0.1, 0.15) is 30.4 Å². The van der Waals surface area contributed by atoms with Crippen molar-refractivity contribution in [1.82, 2.24) is 15.5 Å². The van der Waals surface area contributed by atoms with Gasteiger partial charge < -0.3 is 40.7 Å². The second-order valence-corrected chi connectivity index (χ2v) is 17.7. The minimum atomic E-state index is -1.56. The molecule has 0 aromatic rings. The molecular weight excluding hydrogens is 751 g/mol. The first-order chi connectivity index (χ1) is 28.5. The second-order valence-electron chi connectivity index (χ2n) is 17.7. The van der Waals surface area contributed by atoms with E-state index in [-0.39, 0.29) is 43.9 Å². The second kappa shape index (κ2) is 35.3. The van der Waals surface area contributed by atoms with Gasteiger partial charge in [-0.1, -0.05) is 175 Å². The number of amides is 3. The van der Waals surface area contributed by atoms with Crippen molar-refractivity contribution >= 4 is 23.7 Å². The van der Waals surface area contributed by atoms with Gasteiger partial charge in [-0.3, -0.25) is 19.2 Å². The van der Waals surface area contributed by atoms with Crippen LogP contribution in [0.5, 0.6) is 0 Å². The quantitative estimate of drug-likeness (QED) is 0.0331. The summed E-state index contributed by atoms with van der Waals surface area (Å²) >= 11 is 0. The molecule has 0 unspecified atom stereocenters. The maximum atomic E-state index is 14.1. The summed E-state index contributed by atoms with van der Waals surface area (Å²) in [6.07, 6.45) is 24.5. The van der Waals surface area contributed by atoms with Gasteiger partial charge in [-0.25, -0.2) is 0 Å². The van der Waals surface area contributed by atoms with Crippen LogP contribution in [0.4, 0.5) is 0 Å². The Balaban J connectivity index is 2.95. The fourth-order valence-corrected chi connectivity index (χ4v) is 8.11. The number of ether oxygens (including phenoxy) is 1. The molecule has 6 atom stereocenters. The Morgan fingerprint density at radius 2 is 1.07 bits per heavy atom. The van der Waals surface area contributed by atoms with Crippen molar-refractivity contribution in [3.63, 3.8) is 0 Å². The SMILES string of the molecule is CCCCCCCCCCCCCCCCCC(=O)N(CCCCCCCCCCCC)[C@@H]1O[C@H](CO)[C@@H](O)[C@H](O)[C@H]1NC(=O)[C@H](CC(C)C)NC(=O)CCCC(=O)O. The number of aliphatic hydroxyl groups excluding tert-OH is 3. The van der Waals surface area contributed by atoms with E-state index in [9.17, 15) is 34.5 Å². The summed E-state index contributed by atoms with van der Waals surface area (Å²) in [6, 6.07) is -2.23. The molecule has 0 saturated carbocycles. The van der Waals surface area contributed by atoms with Gasteiger partial charge in [0.15, 0.2) is 6.23 Å². The first-order valence-corrected chi connectivity index (χ1v) is 24.2. The third-order valence-electron chi connectivity index (χ3n) is 11.7. The summed E-state index contributed by atoms with van der Waals surface area (Å²) < 4.78 is 6.19. The van der Waals surface area contributed by atoms with Crippen LogP contribution in [-0.2, 0) is 23.9 Å². The number of hydrogen-bond acceptors (Lipinski definition) is 8. The van der Waals surface area contributed by atoms with Gasteiger partial charge >= 0.3 is 5.97 Å². The highest BCUT2D eigenvalue weighted by Gasteiger charge is 2.48. The summed E-state index contributed by atoms with van der Waals surface area (Å²) in [7, 11) is 0. The molecule has 0 aromatic carbocycles. The lowest BCUT2D eigenvalue weighted by Gasteiger charge is -2.47. The van der Waals surface area contributed by atoms with Crippen LogP contribution in [0.1, 0.15) is 220 Å². The Bertz CT molecular complexity index is 1090. The lowest BCUT2D eigenvalue weighted by molar-refractivity contribution is -0.231. The number of carbonyl (C=O) groups excluding carboxylic acids is 3. The molecule has 6 N–H and O–H groups in total. The molecule has 1 saturated heterocycles. The Hall–Kier alpha value is -2.28. The first-order valence-electron chi connectivity index (χ1n) is 24.2. The van der Waals surface area contributed by atoms with Crippen molar-refractivity contribution in [3.8, 4) is 0 Å². The number of aliphatic carboxylic acids is 1. The van der Waals surface area contributed by atoms with Crippen molar-refractivity contribution in [2.45, 2.75) is 257 Å². The normalized spacial score (nSPS) is 19.8. The number of nitrogens with one attached hydrogen (secondary N) is 2. The number of aliphatic hydroxyl groups is 3. The van der Waals surface area contributed by atoms with E-state index in [1.54, 1.807) is 4.90 Å². The third-order valence-corrected chi connectivity index (χ3v) is 11.7. The van der Waals surface area contributed by atoms with Crippen LogP contribution in [0.15, 0.2) is 0 Å². The van der Waals surface area contributed by atoms with E-state index < -0.39 is 61.0 Å². The lowest BCUT2D eigenvalue weighted by Crippen LogP contribution is -2.70. The molecule has 3 amide bonds. The fraction of sp³-hybridized carbons (Fsp3) is 0.915. The Morgan fingerprint density at radius 3 is 1.51 bits per heavy atom. The molecule has 1 heterocycles. The summed E-state index contributed by atoms with van der Waals surface area (Å²) in [6.45, 7) is 8.02. The van der Waals surface area contributed by atoms with E-state index >= 15 is 0 Å². The van der Waals surface area contributed by atoms with Crippen LogP contribution in [0.2, 0.25) is 0 Å². The van der Waals surface area contributed by atoms with E-state index in [0.717, 1.165) is 38.5 Å². The minimum absolute atomic E-state index is 0.00192. The number of carboxylic acids is 1. The molecule has 0 bridgehead atoms. The zero-order chi connectivity index (χ0) is 43.7. The summed E-state index contributed by atoms with van der Waals surface area (Å²) in [4.78, 5) is 53.2. The smallest absolute Gasteiger partial charge is 0.303 e. The van der Waals surface area contributed by atoms with Gasteiger partial charge in [-0.05, 0) is 31.6 Å². The number of carboxylic acid groups (broad SMARTS) is 1. The third kappa shape index (κ3) is 25.9. The molecule has 1 rings (SSSR count). The molecule has 59 heavy (non-hydrogen) atoms. The fourth-order valence-electron chi connectivity index (χ4n) is 8.11. The molecule has 1 aliphatic heterocycles. The Labute approximate surface area is 358 Å². The largest absolute Gasteiger partial charge is 0.481 e. The maximum absolute atomic E-state index is 14.1. The predicted octanol–water partition coefficient (Wildman–Crippen LogP) is 8.71. The molecule has 0 aliphatic carbocycles. The molecule has 0 aromatic heterocycles. The van der Waals surface area contributed by atoms with E-state index in [4.69, 9.17) is 9.84 Å². The molecule has 1 aliphatic rings. The number of hydrogen-bond donors (Lipinski definition) is 6. The average molecular weight is 840 g/mol. The highest BCUT2D eigenvalue weighted by Crippen LogP contribution is 2.26. The van der Waals surface area contributed by atoms with Gasteiger partial charge in [0.05, 0.1) is 6.61 Å². The van der Waals surface area contributed by atoms with Crippen LogP contribution in [0.25, 0.3) is 0 Å². The molecule has 1 fully saturated rings. The molecule has 12 heteroatoms.